The Hall–Kier alpha value is -1.59. The van der Waals surface area contributed by atoms with Gasteiger partial charge in [-0.15, -0.1) is 0 Å². The van der Waals surface area contributed by atoms with E-state index in [0.717, 1.165) is 12.8 Å². The normalized spacial score (nSPS) is 34.2. The molecule has 6 heteroatoms. The summed E-state index contributed by atoms with van der Waals surface area (Å²) in [5, 5.41) is 0. The summed E-state index contributed by atoms with van der Waals surface area (Å²) >= 11 is 0. The maximum atomic E-state index is 12.3. The summed E-state index contributed by atoms with van der Waals surface area (Å²) in [4.78, 5) is 36.0. The Balaban J connectivity index is 1.45. The monoisotopic (exact) mass is 380 g/mol. The van der Waals surface area contributed by atoms with Crippen LogP contribution in [0.2, 0.25) is 0 Å². The van der Waals surface area contributed by atoms with Crippen molar-refractivity contribution in [1.82, 2.24) is 0 Å². The van der Waals surface area contributed by atoms with Crippen molar-refractivity contribution in [2.24, 2.45) is 29.1 Å². The van der Waals surface area contributed by atoms with Gasteiger partial charge in [0.25, 0.3) is 0 Å². The highest BCUT2D eigenvalue weighted by molar-refractivity contribution is 5.81. The third-order valence-corrected chi connectivity index (χ3v) is 7.17. The number of carbonyl (C=O) groups is 3. The fourth-order valence-electron chi connectivity index (χ4n) is 5.30. The molecule has 27 heavy (non-hydrogen) atoms. The third kappa shape index (κ3) is 4.14. The van der Waals surface area contributed by atoms with Crippen molar-refractivity contribution in [2.75, 3.05) is 13.2 Å². The van der Waals surface area contributed by atoms with Gasteiger partial charge in [-0.3, -0.25) is 4.79 Å². The molecule has 0 aromatic rings. The number of hydrogen-bond donors (Lipinski definition) is 0. The fourth-order valence-corrected chi connectivity index (χ4v) is 5.30. The number of hydrogen-bond acceptors (Lipinski definition) is 6. The van der Waals surface area contributed by atoms with Crippen LogP contribution in [0.5, 0.6) is 0 Å². The van der Waals surface area contributed by atoms with Crippen molar-refractivity contribution < 1.29 is 28.6 Å². The van der Waals surface area contributed by atoms with Crippen molar-refractivity contribution in [3.63, 3.8) is 0 Å². The van der Waals surface area contributed by atoms with E-state index in [1.165, 1.54) is 19.3 Å². The molecule has 0 amide bonds. The summed E-state index contributed by atoms with van der Waals surface area (Å²) in [5.41, 5.74) is -1.02. The Morgan fingerprint density at radius 2 is 1.56 bits per heavy atom. The first-order valence-electron chi connectivity index (χ1n) is 10.2. The molecular formula is C21H32O6. The molecule has 0 heterocycles. The molecule has 3 unspecified atom stereocenters. The lowest BCUT2D eigenvalue weighted by atomic mass is 9.50. The lowest BCUT2D eigenvalue weighted by Gasteiger charge is -2.59. The van der Waals surface area contributed by atoms with E-state index in [1.807, 2.05) is 6.92 Å². The summed E-state index contributed by atoms with van der Waals surface area (Å²) in [5.74, 6) is 0.649. The van der Waals surface area contributed by atoms with Crippen LogP contribution in [0.4, 0.5) is 0 Å². The zero-order chi connectivity index (χ0) is 19.8. The van der Waals surface area contributed by atoms with Crippen LogP contribution in [0, 0.1) is 29.1 Å². The molecule has 0 spiro atoms. The summed E-state index contributed by atoms with van der Waals surface area (Å²) in [6, 6.07) is 0. The second kappa shape index (κ2) is 7.44. The van der Waals surface area contributed by atoms with Crippen LogP contribution in [0.15, 0.2) is 0 Å². The molecule has 4 aliphatic rings. The van der Waals surface area contributed by atoms with Crippen LogP contribution < -0.4 is 0 Å². The minimum absolute atomic E-state index is 0.363. The Morgan fingerprint density at radius 3 is 2.15 bits per heavy atom. The van der Waals surface area contributed by atoms with E-state index in [-0.39, 0.29) is 5.60 Å². The van der Waals surface area contributed by atoms with E-state index >= 15 is 0 Å². The van der Waals surface area contributed by atoms with Crippen LogP contribution in [0.3, 0.4) is 0 Å². The van der Waals surface area contributed by atoms with Gasteiger partial charge in [-0.25, -0.2) is 9.59 Å². The molecule has 4 rings (SSSR count). The maximum Gasteiger partial charge on any atom is 0.344 e. The number of carbonyl (C=O) groups excluding carboxylic acids is 3. The first-order valence-corrected chi connectivity index (χ1v) is 10.2. The Morgan fingerprint density at radius 1 is 0.963 bits per heavy atom. The van der Waals surface area contributed by atoms with Gasteiger partial charge in [-0.2, -0.15) is 0 Å². The fraction of sp³-hybridized carbons (Fsp3) is 0.857. The van der Waals surface area contributed by atoms with Gasteiger partial charge in [0, 0.05) is 0 Å². The van der Waals surface area contributed by atoms with Gasteiger partial charge >= 0.3 is 17.9 Å². The quantitative estimate of drug-likeness (QED) is 0.498. The lowest BCUT2D eigenvalue weighted by molar-refractivity contribution is -0.209. The largest absolute Gasteiger partial charge is 0.456 e. The first-order chi connectivity index (χ1) is 12.6. The molecule has 0 aromatic heterocycles. The van der Waals surface area contributed by atoms with E-state index in [1.54, 1.807) is 13.8 Å². The number of esters is 3. The van der Waals surface area contributed by atoms with Gasteiger partial charge in [0.05, 0.1) is 5.41 Å². The van der Waals surface area contributed by atoms with Gasteiger partial charge < -0.3 is 14.2 Å². The second-order valence-corrected chi connectivity index (χ2v) is 9.41. The summed E-state index contributed by atoms with van der Waals surface area (Å²) in [6.07, 6.45) is 6.25. The highest BCUT2D eigenvalue weighted by Gasteiger charge is 2.57. The smallest absolute Gasteiger partial charge is 0.344 e. The molecule has 0 saturated heterocycles. The molecule has 152 valence electrons. The SMILES string of the molecule is CCC(C)(C)C(=O)OCC(=O)OCC(=O)OC12CC3CC(CC(C3)C1C)C2. The van der Waals surface area contributed by atoms with Crippen LogP contribution >= 0.6 is 0 Å². The Labute approximate surface area is 161 Å². The summed E-state index contributed by atoms with van der Waals surface area (Å²) in [7, 11) is 0. The van der Waals surface area contributed by atoms with Gasteiger partial charge in [-0.05, 0) is 76.0 Å². The van der Waals surface area contributed by atoms with E-state index in [2.05, 4.69) is 6.92 Å². The van der Waals surface area contributed by atoms with Crippen molar-refractivity contribution in [3.05, 3.63) is 0 Å². The van der Waals surface area contributed by atoms with Crippen molar-refractivity contribution in [3.8, 4) is 0 Å². The van der Waals surface area contributed by atoms with Crippen molar-refractivity contribution >= 4 is 17.9 Å². The van der Waals surface area contributed by atoms with E-state index < -0.39 is 36.5 Å². The summed E-state index contributed by atoms with van der Waals surface area (Å²) in [6.45, 7) is 6.67. The van der Waals surface area contributed by atoms with E-state index in [9.17, 15) is 14.4 Å². The molecule has 0 radical (unpaired) electrons. The van der Waals surface area contributed by atoms with Gasteiger partial charge in [-0.1, -0.05) is 13.8 Å². The maximum absolute atomic E-state index is 12.3. The van der Waals surface area contributed by atoms with Crippen molar-refractivity contribution in [1.29, 1.82) is 0 Å². The highest BCUT2D eigenvalue weighted by atomic mass is 16.6. The molecule has 6 nitrogen and oxygen atoms in total. The summed E-state index contributed by atoms with van der Waals surface area (Å²) < 4.78 is 15.8. The topological polar surface area (TPSA) is 78.9 Å². The number of ether oxygens (including phenoxy) is 3. The second-order valence-electron chi connectivity index (χ2n) is 9.41. The van der Waals surface area contributed by atoms with Gasteiger partial charge in [0.1, 0.15) is 5.60 Å². The Bertz CT molecular complexity index is 596. The number of rotatable bonds is 7. The van der Waals surface area contributed by atoms with E-state index in [4.69, 9.17) is 14.2 Å². The van der Waals surface area contributed by atoms with Gasteiger partial charge in [0.15, 0.2) is 13.2 Å². The molecule has 4 aliphatic carbocycles. The predicted molar refractivity (Wildman–Crippen MR) is 97.5 cm³/mol. The van der Waals surface area contributed by atoms with Crippen LogP contribution in [0.1, 0.15) is 66.2 Å². The average molecular weight is 380 g/mol. The van der Waals surface area contributed by atoms with Gasteiger partial charge in [0.2, 0.25) is 0 Å². The predicted octanol–water partition coefficient (Wildman–Crippen LogP) is 3.27. The Kier molecular flexibility index (Phi) is 5.55. The molecular weight excluding hydrogens is 348 g/mol. The molecule has 0 aromatic carbocycles. The van der Waals surface area contributed by atoms with Crippen LogP contribution in [-0.2, 0) is 28.6 Å². The molecule has 4 bridgehead atoms. The molecule has 4 fully saturated rings. The van der Waals surface area contributed by atoms with Crippen LogP contribution in [-0.4, -0.2) is 36.7 Å². The minimum Gasteiger partial charge on any atom is -0.456 e. The lowest BCUT2D eigenvalue weighted by Crippen LogP contribution is -2.58. The molecule has 3 atom stereocenters. The zero-order valence-corrected chi connectivity index (χ0v) is 16.9. The van der Waals surface area contributed by atoms with E-state index in [0.29, 0.717) is 30.1 Å². The molecule has 4 saturated carbocycles. The third-order valence-electron chi connectivity index (χ3n) is 7.17. The molecule has 0 aliphatic heterocycles. The zero-order valence-electron chi connectivity index (χ0n) is 16.9. The minimum atomic E-state index is -0.731. The average Bonchev–Trinajstić information content (AvgIpc) is 2.61. The van der Waals surface area contributed by atoms with Crippen LogP contribution in [0.25, 0.3) is 0 Å². The highest BCUT2D eigenvalue weighted by Crippen LogP contribution is 2.59. The standard InChI is InChI=1S/C21H32O6/c1-5-20(3,4)19(24)26-11-17(22)25-12-18(23)27-21-9-14-6-15(10-21)8-16(7-14)13(21)2/h13-16H,5-12H2,1-4H3. The first kappa shape index (κ1) is 20.2. The molecule has 0 N–H and O–H groups in total. The van der Waals surface area contributed by atoms with Crippen molar-refractivity contribution in [2.45, 2.75) is 71.8 Å².